The van der Waals surface area contributed by atoms with Crippen molar-refractivity contribution in [1.29, 1.82) is 0 Å². The van der Waals surface area contributed by atoms with Gasteiger partial charge in [0.25, 0.3) is 0 Å². The summed E-state index contributed by atoms with van der Waals surface area (Å²) in [7, 11) is 2.06. The van der Waals surface area contributed by atoms with Crippen LogP contribution in [0.15, 0.2) is 77.9 Å². The van der Waals surface area contributed by atoms with Crippen LogP contribution in [0.25, 0.3) is 10.9 Å². The van der Waals surface area contributed by atoms with Gasteiger partial charge < -0.3 is 20.2 Å². The Kier molecular flexibility index (Phi) is 6.80. The van der Waals surface area contributed by atoms with Crippen LogP contribution in [-0.2, 0) is 13.5 Å². The first kappa shape index (κ1) is 23.3. The number of benzene rings is 3. The maximum absolute atomic E-state index is 11.1. The van der Waals surface area contributed by atoms with Gasteiger partial charge in [-0.2, -0.15) is 5.10 Å². The summed E-state index contributed by atoms with van der Waals surface area (Å²) in [4.78, 5) is 0. The molecule has 34 heavy (non-hydrogen) atoms. The lowest BCUT2D eigenvalue weighted by Crippen LogP contribution is -2.15. The van der Waals surface area contributed by atoms with Gasteiger partial charge in [-0.15, -0.1) is 5.23 Å². The number of nitrogens with one attached hydrogen (secondary N) is 1. The highest BCUT2D eigenvalue weighted by Gasteiger charge is 2.14. The van der Waals surface area contributed by atoms with Gasteiger partial charge in [-0.25, -0.2) is 0 Å². The minimum Gasteiger partial charge on any atom is -0.769 e. The third-order valence-electron chi connectivity index (χ3n) is 5.97. The maximum atomic E-state index is 11.1. The third-order valence-corrected chi connectivity index (χ3v) is 5.97. The van der Waals surface area contributed by atoms with Crippen molar-refractivity contribution in [2.24, 2.45) is 12.1 Å². The summed E-state index contributed by atoms with van der Waals surface area (Å²) in [5.74, 6) is 0. The average Bonchev–Trinajstić information content (AvgIpc) is 3.09. The number of fused-ring (bicyclic) bond motifs is 1. The molecular weight excluding hydrogens is 434 g/mol. The molecule has 3 N–H and O–H groups in total. The normalized spacial score (nSPS) is 11.6. The molecule has 0 fully saturated rings. The van der Waals surface area contributed by atoms with Crippen molar-refractivity contribution in [3.63, 3.8) is 0 Å². The zero-order chi connectivity index (χ0) is 24.2. The third kappa shape index (κ3) is 4.73. The fourth-order valence-corrected chi connectivity index (χ4v) is 4.07. The summed E-state index contributed by atoms with van der Waals surface area (Å²) in [6, 6.07) is 21.7. The van der Waals surface area contributed by atoms with Crippen molar-refractivity contribution in [3.05, 3.63) is 100 Å². The highest BCUT2D eigenvalue weighted by molar-refractivity contribution is 6.01. The number of para-hydroxylation sites is 1. The molecule has 1 heterocycles. The van der Waals surface area contributed by atoms with Crippen molar-refractivity contribution in [2.45, 2.75) is 19.8 Å². The Hall–Kier alpha value is -3.89. The van der Waals surface area contributed by atoms with E-state index in [1.165, 1.54) is 34.3 Å². The van der Waals surface area contributed by atoms with E-state index >= 15 is 0 Å². The van der Waals surface area contributed by atoms with Crippen LogP contribution in [0, 0.1) is 17.3 Å². The second kappa shape index (κ2) is 9.94. The van der Waals surface area contributed by atoms with Crippen LogP contribution in [0.1, 0.15) is 23.2 Å². The lowest BCUT2D eigenvalue weighted by atomic mass is 10.00. The molecule has 0 amide bonds. The van der Waals surface area contributed by atoms with Gasteiger partial charge >= 0.3 is 0 Å². The van der Waals surface area contributed by atoms with Crippen molar-refractivity contribution in [3.8, 4) is 0 Å². The van der Waals surface area contributed by atoms with Crippen LogP contribution < -0.4 is 15.9 Å². The second-order valence-corrected chi connectivity index (χ2v) is 7.92. The monoisotopic (exact) mass is 459 g/mol. The lowest BCUT2D eigenvalue weighted by Gasteiger charge is -2.37. The Bertz CT molecular complexity index is 1320. The first-order valence-electron chi connectivity index (χ1n) is 10.7. The molecule has 0 atom stereocenters. The molecule has 0 aliphatic rings. The number of hydrogen-bond donors (Lipinski definition) is 3. The van der Waals surface area contributed by atoms with Gasteiger partial charge in [0.05, 0.1) is 11.4 Å². The van der Waals surface area contributed by atoms with Crippen LogP contribution in [0.3, 0.4) is 0 Å². The largest absolute Gasteiger partial charge is 0.769 e. The minimum absolute atomic E-state index is 0.160. The topological polar surface area (TPSA) is 122 Å². The van der Waals surface area contributed by atoms with Crippen molar-refractivity contribution in [1.82, 2.24) is 4.57 Å². The number of aromatic nitrogens is 1. The fraction of sp³-hybridized carbons (Fsp3) is 0.160. The molecule has 176 valence electrons. The maximum Gasteiger partial charge on any atom is 0.121 e. The van der Waals surface area contributed by atoms with Crippen LogP contribution >= 0.6 is 0 Å². The number of aryl methyl sites for hydroxylation is 2. The number of anilines is 3. The van der Waals surface area contributed by atoms with Gasteiger partial charge in [-0.1, -0.05) is 48.5 Å². The minimum atomic E-state index is -0.609. The molecule has 0 spiro atoms. The van der Waals surface area contributed by atoms with E-state index in [2.05, 4.69) is 41.2 Å². The fourth-order valence-electron chi connectivity index (χ4n) is 4.07. The van der Waals surface area contributed by atoms with E-state index in [4.69, 9.17) is 0 Å². The Labute approximate surface area is 196 Å². The van der Waals surface area contributed by atoms with E-state index < -0.39 is 5.23 Å². The summed E-state index contributed by atoms with van der Waals surface area (Å²) in [5.41, 5.74) is 7.90. The molecule has 4 rings (SSSR count). The SMILES string of the molecule is Cc1c(CC/C(=N/Nc2ccc(N([O-])[O-])cc2N(O)O)c2ccccc2)c2ccccc2n1C. The molecule has 4 aromatic rings. The summed E-state index contributed by atoms with van der Waals surface area (Å²) >= 11 is 0. The quantitative estimate of drug-likeness (QED) is 0.241. The molecule has 0 radical (unpaired) electrons. The van der Waals surface area contributed by atoms with E-state index in [-0.39, 0.29) is 22.3 Å². The van der Waals surface area contributed by atoms with Gasteiger partial charge in [0.15, 0.2) is 0 Å². The van der Waals surface area contributed by atoms with Crippen molar-refractivity contribution in [2.75, 3.05) is 15.9 Å². The Morgan fingerprint density at radius 3 is 2.41 bits per heavy atom. The Balaban J connectivity index is 1.66. The van der Waals surface area contributed by atoms with Crippen molar-refractivity contribution < 1.29 is 10.4 Å². The Morgan fingerprint density at radius 1 is 1.00 bits per heavy atom. The zero-order valence-corrected chi connectivity index (χ0v) is 18.8. The van der Waals surface area contributed by atoms with E-state index in [0.29, 0.717) is 6.42 Å². The predicted octanol–water partition coefficient (Wildman–Crippen LogP) is 5.32. The van der Waals surface area contributed by atoms with E-state index in [1.54, 1.807) is 0 Å². The summed E-state index contributed by atoms with van der Waals surface area (Å²) in [6.07, 6.45) is 1.37. The molecule has 3 aromatic carbocycles. The van der Waals surface area contributed by atoms with E-state index in [1.807, 2.05) is 42.5 Å². The molecule has 0 saturated carbocycles. The molecule has 9 heteroatoms. The van der Waals surface area contributed by atoms with Gasteiger partial charge in [0, 0.05) is 29.3 Å². The van der Waals surface area contributed by atoms with Gasteiger partial charge in [-0.3, -0.25) is 15.8 Å². The smallest absolute Gasteiger partial charge is 0.121 e. The Morgan fingerprint density at radius 2 is 1.71 bits per heavy atom. The number of rotatable bonds is 8. The molecule has 0 aliphatic carbocycles. The highest BCUT2D eigenvalue weighted by atomic mass is 16.8. The summed E-state index contributed by atoms with van der Waals surface area (Å²) in [6.45, 7) is 2.10. The zero-order valence-electron chi connectivity index (χ0n) is 18.8. The van der Waals surface area contributed by atoms with Gasteiger partial charge in [0.1, 0.15) is 5.69 Å². The highest BCUT2D eigenvalue weighted by Crippen LogP contribution is 2.30. The summed E-state index contributed by atoms with van der Waals surface area (Å²) in [5, 5.41) is 46.2. The molecule has 0 aliphatic heterocycles. The van der Waals surface area contributed by atoms with Crippen LogP contribution in [0.4, 0.5) is 17.1 Å². The standard InChI is InChI=1S/C25H25N5O4/c1-17-20(21-10-6-7-11-24(21)28(17)2)13-15-22(18-8-4-3-5-9-18)26-27-23-14-12-19(29(31)32)16-25(23)30(33)34/h3-12,14,16,27,33-34H,13,15H2,1-2H3/q-2/b26-22-. The van der Waals surface area contributed by atoms with E-state index in [9.17, 15) is 20.8 Å². The molecule has 0 unspecified atom stereocenters. The van der Waals surface area contributed by atoms with E-state index in [0.717, 1.165) is 23.8 Å². The van der Waals surface area contributed by atoms with Crippen molar-refractivity contribution >= 4 is 33.7 Å². The first-order chi connectivity index (χ1) is 16.4. The molecular formula is C25H25N5O4-2. The molecule has 1 aromatic heterocycles. The molecule has 0 bridgehead atoms. The first-order valence-corrected chi connectivity index (χ1v) is 10.7. The van der Waals surface area contributed by atoms with Gasteiger partial charge in [-0.05, 0) is 55.2 Å². The number of hydrazone groups is 1. The predicted molar refractivity (Wildman–Crippen MR) is 134 cm³/mol. The number of nitrogens with zero attached hydrogens (tertiary/aromatic N) is 4. The van der Waals surface area contributed by atoms with Crippen LogP contribution in [0.5, 0.6) is 0 Å². The molecule has 0 saturated heterocycles. The second-order valence-electron chi connectivity index (χ2n) is 7.92. The molecule has 9 nitrogen and oxygen atoms in total. The summed E-state index contributed by atoms with van der Waals surface area (Å²) < 4.78 is 2.18. The number of hydrogen-bond acceptors (Lipinski definition) is 8. The van der Waals surface area contributed by atoms with Crippen LogP contribution in [0.2, 0.25) is 0 Å². The van der Waals surface area contributed by atoms with Crippen LogP contribution in [-0.4, -0.2) is 20.7 Å². The lowest BCUT2D eigenvalue weighted by molar-refractivity contribution is 0.0295. The average molecular weight is 460 g/mol. The van der Waals surface area contributed by atoms with Gasteiger partial charge in [0.2, 0.25) is 0 Å².